The summed E-state index contributed by atoms with van der Waals surface area (Å²) in [6, 6.07) is 11.2. The van der Waals surface area contributed by atoms with Crippen molar-refractivity contribution in [1.82, 2.24) is 25.6 Å². The Labute approximate surface area is 225 Å². The Hall–Kier alpha value is -1.71. The number of hydrogen-bond acceptors (Lipinski definition) is 7. The van der Waals surface area contributed by atoms with E-state index in [0.717, 1.165) is 4.88 Å². The fourth-order valence-corrected chi connectivity index (χ4v) is 3.35. The van der Waals surface area contributed by atoms with E-state index in [-0.39, 0.29) is 49.4 Å². The summed E-state index contributed by atoms with van der Waals surface area (Å²) in [7, 11) is 0. The summed E-state index contributed by atoms with van der Waals surface area (Å²) < 4.78 is 0. The number of thiophene rings is 2. The van der Waals surface area contributed by atoms with Crippen LogP contribution in [0.15, 0.2) is 53.5 Å². The van der Waals surface area contributed by atoms with E-state index in [4.69, 9.17) is 39.5 Å². The first kappa shape index (κ1) is 33.9. The second-order valence-electron chi connectivity index (χ2n) is 4.16. The fraction of sp³-hybridized carbons (Fsp3) is 0.0625. The number of nitriles is 1. The Morgan fingerprint density at radius 2 is 1.61 bits per heavy atom. The number of halogens is 3. The molecule has 0 radical (unpaired) electrons. The third-order valence-corrected chi connectivity index (χ3v) is 5.03. The Bertz CT molecular complexity index is 972. The molecular weight excluding hydrogens is 512 g/mol. The van der Waals surface area contributed by atoms with E-state index in [9.17, 15) is 0 Å². The molecule has 4 rings (SSSR count). The van der Waals surface area contributed by atoms with Gasteiger partial charge in [-0.15, -0.1) is 45.3 Å². The van der Waals surface area contributed by atoms with Gasteiger partial charge in [0.05, 0.1) is 14.9 Å². The largest absolute Gasteiger partial charge is 1.00 e. The Morgan fingerprint density at radius 1 is 1.03 bits per heavy atom. The van der Waals surface area contributed by atoms with E-state index >= 15 is 0 Å². The van der Waals surface area contributed by atoms with E-state index < -0.39 is 0 Å². The molecule has 4 aromatic rings. The standard InChI is InChI=1S/C5H3ClN4S.C5H2ClNS.C5H5N.CH4.ClH.N3.Na/c6-3-1-2-11-4(3)5-7-9-10-8-5;6-4-1-2-8-5(4)3-7;1-2-4-6-5-3-1;;;1-3-2;/h1-2H,(H,7,8,9,10);1-2H;1-5H;1H4;1H;;/q;;;;;-1;+1. The molecule has 0 saturated heterocycles. The molecule has 0 atom stereocenters. The van der Waals surface area contributed by atoms with Gasteiger partial charge in [-0.1, -0.05) is 36.7 Å². The second kappa shape index (κ2) is 21.5. The van der Waals surface area contributed by atoms with E-state index in [1.807, 2.05) is 29.6 Å². The van der Waals surface area contributed by atoms with Crippen LogP contribution in [0.5, 0.6) is 0 Å². The molecule has 158 valence electrons. The normalized spacial score (nSPS) is 7.65. The second-order valence-corrected chi connectivity index (χ2v) is 6.80. The molecule has 0 amide bonds. The molecule has 15 heteroatoms. The van der Waals surface area contributed by atoms with E-state index in [1.165, 1.54) is 27.6 Å². The minimum absolute atomic E-state index is 0. The van der Waals surface area contributed by atoms with Gasteiger partial charge in [0.25, 0.3) is 0 Å². The monoisotopic (exact) mass is 525 g/mol. The zero-order valence-electron chi connectivity index (χ0n) is 15.3. The van der Waals surface area contributed by atoms with Gasteiger partial charge in [-0.25, -0.2) is 0 Å². The van der Waals surface area contributed by atoms with Crippen LogP contribution >= 0.6 is 58.3 Å². The van der Waals surface area contributed by atoms with Crippen LogP contribution in [-0.2, 0) is 0 Å². The summed E-state index contributed by atoms with van der Waals surface area (Å²) in [6.07, 6.45) is 3.50. The van der Waals surface area contributed by atoms with Crippen molar-refractivity contribution in [2.45, 2.75) is 7.43 Å². The van der Waals surface area contributed by atoms with Crippen molar-refractivity contribution in [2.75, 3.05) is 0 Å². The Balaban J connectivity index is -0.000000353. The average Bonchev–Trinajstić information content (AvgIpc) is 3.47. The minimum Gasteiger partial charge on any atom is -0.373 e. The number of pyridine rings is 1. The summed E-state index contributed by atoms with van der Waals surface area (Å²) in [4.78, 5) is 6.72. The summed E-state index contributed by atoms with van der Waals surface area (Å²) in [6.45, 7) is 0. The van der Waals surface area contributed by atoms with Crippen LogP contribution in [0.25, 0.3) is 26.7 Å². The maximum atomic E-state index is 8.28. The first-order valence-electron chi connectivity index (χ1n) is 7.07. The zero-order valence-corrected chi connectivity index (χ0v) is 21.2. The SMILES string of the molecule is C.Cl.Clc1ccsc1-c1nn[nH]n1.N#Cc1sccc1Cl.[N-]=[N+]=[N-].[Na+].c1ccncc1. The minimum atomic E-state index is 0. The molecule has 0 aliphatic rings. The van der Waals surface area contributed by atoms with Crippen molar-refractivity contribution in [1.29, 1.82) is 5.26 Å². The van der Waals surface area contributed by atoms with Crippen molar-refractivity contribution in [3.05, 3.63) is 84.4 Å². The molecule has 0 unspecified atom stereocenters. The number of H-pyrrole nitrogens is 1. The van der Waals surface area contributed by atoms with Gasteiger partial charge in [0.2, 0.25) is 5.82 Å². The molecule has 0 saturated carbocycles. The van der Waals surface area contributed by atoms with Crippen LogP contribution in [0.3, 0.4) is 0 Å². The molecule has 9 nitrogen and oxygen atoms in total. The van der Waals surface area contributed by atoms with Gasteiger partial charge in [-0.05, 0) is 40.2 Å². The number of nitrogens with zero attached hydrogens (tertiary/aromatic N) is 8. The predicted molar refractivity (Wildman–Crippen MR) is 125 cm³/mol. The number of aromatic nitrogens is 5. The predicted octanol–water partition coefficient (Wildman–Crippen LogP) is 3.86. The van der Waals surface area contributed by atoms with E-state index in [1.54, 1.807) is 29.9 Å². The van der Waals surface area contributed by atoms with Gasteiger partial charge >= 0.3 is 29.6 Å². The molecule has 31 heavy (non-hydrogen) atoms. The Kier molecular flexibility index (Phi) is 23.5. The van der Waals surface area contributed by atoms with E-state index in [2.05, 4.69) is 25.6 Å². The van der Waals surface area contributed by atoms with Gasteiger partial charge in [-0.2, -0.15) is 10.5 Å². The number of tetrazole rings is 1. The molecule has 0 spiro atoms. The van der Waals surface area contributed by atoms with Crippen molar-refractivity contribution >= 4 is 58.3 Å². The molecule has 0 aliphatic carbocycles. The van der Waals surface area contributed by atoms with Crippen molar-refractivity contribution < 1.29 is 29.6 Å². The molecule has 4 aromatic heterocycles. The summed E-state index contributed by atoms with van der Waals surface area (Å²) in [5.74, 6) is 0.546. The molecular formula is C16H15Cl3N9NaS2. The number of nitrogens with one attached hydrogen (secondary N) is 1. The van der Waals surface area contributed by atoms with Gasteiger partial charge in [-0.3, -0.25) is 9.90 Å². The van der Waals surface area contributed by atoms with Crippen LogP contribution in [-0.4, -0.2) is 25.6 Å². The number of rotatable bonds is 1. The molecule has 0 aliphatic heterocycles. The van der Waals surface area contributed by atoms with Gasteiger partial charge in [0.15, 0.2) is 0 Å². The van der Waals surface area contributed by atoms with Crippen molar-refractivity contribution in [3.8, 4) is 16.8 Å². The third kappa shape index (κ3) is 14.1. The molecule has 0 aromatic carbocycles. The van der Waals surface area contributed by atoms with Crippen molar-refractivity contribution in [2.24, 2.45) is 0 Å². The van der Waals surface area contributed by atoms with Crippen LogP contribution in [0.4, 0.5) is 0 Å². The van der Waals surface area contributed by atoms with Gasteiger partial charge in [0, 0.05) is 12.4 Å². The van der Waals surface area contributed by atoms with Crippen molar-refractivity contribution in [3.63, 3.8) is 0 Å². The first-order valence-corrected chi connectivity index (χ1v) is 9.58. The van der Waals surface area contributed by atoms with Crippen LogP contribution < -0.4 is 29.6 Å². The third-order valence-electron chi connectivity index (χ3n) is 2.45. The summed E-state index contributed by atoms with van der Waals surface area (Å²) >= 11 is 14.2. The topological polar surface area (TPSA) is 150 Å². The zero-order chi connectivity index (χ0) is 20.6. The molecule has 0 bridgehead atoms. The maximum absolute atomic E-state index is 8.28. The van der Waals surface area contributed by atoms with Crippen LogP contribution in [0, 0.1) is 11.3 Å². The summed E-state index contributed by atoms with van der Waals surface area (Å²) in [5.41, 5.74) is 13.5. The Morgan fingerprint density at radius 3 is 1.90 bits per heavy atom. The fourth-order valence-electron chi connectivity index (χ4n) is 1.40. The van der Waals surface area contributed by atoms with Gasteiger partial charge < -0.3 is 11.1 Å². The van der Waals surface area contributed by atoms with Gasteiger partial charge in [0.1, 0.15) is 10.9 Å². The summed E-state index contributed by atoms with van der Waals surface area (Å²) in [5, 5.41) is 26.6. The quantitative estimate of drug-likeness (QED) is 0.173. The number of aromatic amines is 1. The average molecular weight is 527 g/mol. The number of hydrogen-bond donors (Lipinski definition) is 1. The smallest absolute Gasteiger partial charge is 0.373 e. The first-order chi connectivity index (χ1) is 13.6. The maximum Gasteiger partial charge on any atom is 1.00 e. The van der Waals surface area contributed by atoms with Crippen LogP contribution in [0.1, 0.15) is 12.3 Å². The molecule has 1 N–H and O–H groups in total. The van der Waals surface area contributed by atoms with Crippen LogP contribution in [0.2, 0.25) is 10.0 Å². The van der Waals surface area contributed by atoms with E-state index in [0.29, 0.717) is 20.7 Å². The molecule has 0 fully saturated rings. The molecule has 4 heterocycles.